The molecule has 0 aromatic rings. The number of aliphatic imine (C=N–C) groups is 1. The summed E-state index contributed by atoms with van der Waals surface area (Å²) in [6.45, 7) is 5.85. The Labute approximate surface area is 174 Å². The van der Waals surface area contributed by atoms with Gasteiger partial charge in [0.2, 0.25) is 15.9 Å². The summed E-state index contributed by atoms with van der Waals surface area (Å²) in [4.78, 5) is 16.2. The van der Waals surface area contributed by atoms with Gasteiger partial charge in [-0.1, -0.05) is 0 Å². The summed E-state index contributed by atoms with van der Waals surface area (Å²) in [6.07, 6.45) is 4.98. The Balaban J connectivity index is 0.00000338. The van der Waals surface area contributed by atoms with Gasteiger partial charge in [0, 0.05) is 45.2 Å². The van der Waals surface area contributed by atoms with Crippen LogP contribution in [0.2, 0.25) is 0 Å². The molecule has 8 nitrogen and oxygen atoms in total. The lowest BCUT2D eigenvalue weighted by Gasteiger charge is -2.29. The van der Waals surface area contributed by atoms with Crippen LogP contribution >= 0.6 is 24.0 Å². The highest BCUT2D eigenvalue weighted by Gasteiger charge is 2.29. The van der Waals surface area contributed by atoms with Gasteiger partial charge in [-0.3, -0.25) is 9.79 Å². The van der Waals surface area contributed by atoms with Gasteiger partial charge in [0.25, 0.3) is 0 Å². The molecule has 0 bridgehead atoms. The van der Waals surface area contributed by atoms with Crippen LogP contribution < -0.4 is 16.0 Å². The van der Waals surface area contributed by atoms with Gasteiger partial charge < -0.3 is 16.0 Å². The third kappa shape index (κ3) is 8.38. The van der Waals surface area contributed by atoms with Crippen molar-refractivity contribution in [3.8, 4) is 0 Å². The second-order valence-electron chi connectivity index (χ2n) is 6.82. The number of amides is 1. The van der Waals surface area contributed by atoms with Crippen molar-refractivity contribution in [2.45, 2.75) is 32.6 Å². The summed E-state index contributed by atoms with van der Waals surface area (Å²) >= 11 is 0. The van der Waals surface area contributed by atoms with Crippen LogP contribution in [0.25, 0.3) is 0 Å². The molecule has 0 spiro atoms. The number of nitrogens with one attached hydrogen (secondary N) is 3. The van der Waals surface area contributed by atoms with E-state index >= 15 is 0 Å². The molecule has 26 heavy (non-hydrogen) atoms. The highest BCUT2D eigenvalue weighted by atomic mass is 127. The fourth-order valence-electron chi connectivity index (χ4n) is 2.84. The number of hydrogen-bond acceptors (Lipinski definition) is 4. The Morgan fingerprint density at radius 2 is 1.69 bits per heavy atom. The topological polar surface area (TPSA) is 103 Å². The van der Waals surface area contributed by atoms with Crippen molar-refractivity contribution in [1.29, 1.82) is 0 Å². The number of guanidine groups is 1. The van der Waals surface area contributed by atoms with Crippen LogP contribution in [0.3, 0.4) is 0 Å². The molecule has 152 valence electrons. The Kier molecular flexibility index (Phi) is 10.2. The quantitative estimate of drug-likeness (QED) is 0.193. The summed E-state index contributed by atoms with van der Waals surface area (Å²) in [5, 5.41) is 9.34. The molecule has 2 fully saturated rings. The minimum atomic E-state index is -3.07. The second kappa shape index (κ2) is 11.3. The van der Waals surface area contributed by atoms with Crippen LogP contribution in [0.4, 0.5) is 0 Å². The summed E-state index contributed by atoms with van der Waals surface area (Å²) in [5.41, 5.74) is 0. The number of halogens is 1. The molecule has 3 N–H and O–H groups in total. The standard InChI is InChI=1S/C16H31N5O3S.HI/c1-3-17-16(19-9-8-18-15(22)14-4-5-14)20-12-13-6-10-21(11-7-13)25(2,23)24;/h13-14H,3-12H2,1-2H3,(H,18,22)(H2,17,19,20);1H. The van der Waals surface area contributed by atoms with E-state index < -0.39 is 10.0 Å². The smallest absolute Gasteiger partial charge is 0.223 e. The van der Waals surface area contributed by atoms with Crippen molar-refractivity contribution < 1.29 is 13.2 Å². The third-order valence-corrected chi connectivity index (χ3v) is 5.86. The van der Waals surface area contributed by atoms with E-state index in [0.717, 1.165) is 38.2 Å². The number of carbonyl (C=O) groups is 1. The zero-order chi connectivity index (χ0) is 18.3. The molecule has 0 aromatic heterocycles. The fraction of sp³-hybridized carbons (Fsp3) is 0.875. The molecule has 10 heteroatoms. The Bertz CT molecular complexity index is 572. The molecular formula is C16H32IN5O3S. The number of nitrogens with zero attached hydrogens (tertiary/aromatic N) is 2. The first-order valence-electron chi connectivity index (χ1n) is 9.15. The van der Waals surface area contributed by atoms with Crippen molar-refractivity contribution in [2.75, 3.05) is 45.5 Å². The summed E-state index contributed by atoms with van der Waals surface area (Å²) in [6, 6.07) is 0. The van der Waals surface area contributed by atoms with E-state index in [0.29, 0.717) is 38.6 Å². The summed E-state index contributed by atoms with van der Waals surface area (Å²) in [5.74, 6) is 1.54. The number of piperidine rings is 1. The zero-order valence-electron chi connectivity index (χ0n) is 15.7. The predicted molar refractivity (Wildman–Crippen MR) is 114 cm³/mol. The maximum atomic E-state index is 11.6. The lowest BCUT2D eigenvalue weighted by Crippen LogP contribution is -2.42. The molecule has 1 aliphatic heterocycles. The first-order chi connectivity index (χ1) is 11.9. The van der Waals surface area contributed by atoms with Crippen LogP contribution in [0, 0.1) is 11.8 Å². The number of rotatable bonds is 8. The lowest BCUT2D eigenvalue weighted by molar-refractivity contribution is -0.122. The molecule has 0 aromatic carbocycles. The largest absolute Gasteiger partial charge is 0.357 e. The Morgan fingerprint density at radius 1 is 1.08 bits per heavy atom. The first kappa shape index (κ1) is 23.4. The molecule has 0 unspecified atom stereocenters. The van der Waals surface area contributed by atoms with E-state index in [1.165, 1.54) is 6.26 Å². The van der Waals surface area contributed by atoms with Gasteiger partial charge in [0.05, 0.1) is 6.26 Å². The fourth-order valence-corrected chi connectivity index (χ4v) is 3.72. The van der Waals surface area contributed by atoms with E-state index in [-0.39, 0.29) is 35.8 Å². The van der Waals surface area contributed by atoms with E-state index in [4.69, 9.17) is 0 Å². The first-order valence-corrected chi connectivity index (χ1v) is 11.0. The van der Waals surface area contributed by atoms with E-state index in [2.05, 4.69) is 20.9 Å². The maximum Gasteiger partial charge on any atom is 0.223 e. The van der Waals surface area contributed by atoms with E-state index in [9.17, 15) is 13.2 Å². The number of sulfonamides is 1. The molecule has 1 heterocycles. The minimum Gasteiger partial charge on any atom is -0.357 e. The third-order valence-electron chi connectivity index (χ3n) is 4.56. The Hall–Kier alpha value is -0.620. The average molecular weight is 501 g/mol. The number of carbonyl (C=O) groups excluding carboxylic acids is 1. The van der Waals surface area contributed by atoms with Gasteiger partial charge in [0.15, 0.2) is 5.96 Å². The summed E-state index contributed by atoms with van der Waals surface area (Å²) < 4.78 is 24.6. The Morgan fingerprint density at radius 3 is 2.23 bits per heavy atom. The second-order valence-corrected chi connectivity index (χ2v) is 8.80. The van der Waals surface area contributed by atoms with Crippen molar-refractivity contribution >= 4 is 45.9 Å². The van der Waals surface area contributed by atoms with Crippen LogP contribution in [0.15, 0.2) is 4.99 Å². The van der Waals surface area contributed by atoms with Gasteiger partial charge in [-0.15, -0.1) is 24.0 Å². The normalized spacial score (nSPS) is 19.5. The van der Waals surface area contributed by atoms with Crippen molar-refractivity contribution in [1.82, 2.24) is 20.3 Å². The monoisotopic (exact) mass is 501 g/mol. The zero-order valence-corrected chi connectivity index (χ0v) is 18.8. The van der Waals surface area contributed by atoms with Crippen molar-refractivity contribution in [3.63, 3.8) is 0 Å². The predicted octanol–water partition coefficient (Wildman–Crippen LogP) is 0.357. The molecule has 1 saturated heterocycles. The molecule has 0 radical (unpaired) electrons. The minimum absolute atomic E-state index is 0. The molecule has 2 aliphatic rings. The molecular weight excluding hydrogens is 469 g/mol. The van der Waals surface area contributed by atoms with Crippen LogP contribution in [0.5, 0.6) is 0 Å². The molecule has 1 amide bonds. The lowest BCUT2D eigenvalue weighted by atomic mass is 9.98. The van der Waals surface area contributed by atoms with Gasteiger partial charge in [0.1, 0.15) is 0 Å². The maximum absolute atomic E-state index is 11.6. The number of hydrogen-bond donors (Lipinski definition) is 3. The van der Waals surface area contributed by atoms with Crippen LogP contribution in [0.1, 0.15) is 32.6 Å². The summed E-state index contributed by atoms with van der Waals surface area (Å²) in [7, 11) is -3.07. The molecule has 1 aliphatic carbocycles. The van der Waals surface area contributed by atoms with Gasteiger partial charge >= 0.3 is 0 Å². The molecule has 2 rings (SSSR count). The SMILES string of the molecule is CCNC(=NCC1CCN(S(C)(=O)=O)CC1)NCCNC(=O)C1CC1.I. The van der Waals surface area contributed by atoms with Crippen LogP contribution in [-0.2, 0) is 14.8 Å². The van der Waals surface area contributed by atoms with Crippen molar-refractivity contribution in [2.24, 2.45) is 16.8 Å². The van der Waals surface area contributed by atoms with Gasteiger partial charge in [-0.05, 0) is 38.5 Å². The van der Waals surface area contributed by atoms with Crippen molar-refractivity contribution in [3.05, 3.63) is 0 Å². The van der Waals surface area contributed by atoms with Gasteiger partial charge in [-0.2, -0.15) is 0 Å². The average Bonchev–Trinajstić information content (AvgIpc) is 3.40. The highest BCUT2D eigenvalue weighted by molar-refractivity contribution is 14.0. The van der Waals surface area contributed by atoms with E-state index in [1.54, 1.807) is 4.31 Å². The molecule has 0 atom stereocenters. The highest BCUT2D eigenvalue weighted by Crippen LogP contribution is 2.28. The molecule has 1 saturated carbocycles. The van der Waals surface area contributed by atoms with Gasteiger partial charge in [-0.25, -0.2) is 12.7 Å². The van der Waals surface area contributed by atoms with E-state index in [1.807, 2.05) is 6.92 Å². The van der Waals surface area contributed by atoms with Crippen LogP contribution in [-0.4, -0.2) is 70.1 Å².